The quantitative estimate of drug-likeness (QED) is 0.754. The van der Waals surface area contributed by atoms with Crippen LogP contribution in [0.25, 0.3) is 0 Å². The third kappa shape index (κ3) is 4.54. The average molecular weight is 288 g/mol. The first-order valence-corrected chi connectivity index (χ1v) is 6.50. The molecule has 0 N–H and O–H groups in total. The molecule has 0 aliphatic carbocycles. The largest absolute Gasteiger partial charge is 0.466 e. The molecule has 0 atom stereocenters. The topological polar surface area (TPSA) is 26.3 Å². The molecule has 0 fully saturated rings. The zero-order valence-corrected chi connectivity index (χ0v) is 11.9. The molecule has 112 valence electrons. The van der Waals surface area contributed by atoms with Gasteiger partial charge in [0.2, 0.25) is 0 Å². The minimum absolute atomic E-state index is 0.252. The number of hydrogen-bond acceptors (Lipinski definition) is 2. The fourth-order valence-corrected chi connectivity index (χ4v) is 1.90. The summed E-state index contributed by atoms with van der Waals surface area (Å²) in [5.74, 6) is -0.285. The lowest BCUT2D eigenvalue weighted by atomic mass is 9.80. The summed E-state index contributed by atoms with van der Waals surface area (Å²) in [5.41, 5.74) is -0.270. The number of carbonyl (C=O) groups is 1. The standard InChI is InChI=1S/C15H19F3O2/c1-4-20-13(19)9-10-14(2,3)11-5-7-12(8-6-11)15(16,17)18/h5-8H,4,9-10H2,1-3H3. The van der Waals surface area contributed by atoms with E-state index in [-0.39, 0.29) is 17.8 Å². The van der Waals surface area contributed by atoms with Gasteiger partial charge >= 0.3 is 12.1 Å². The number of ether oxygens (including phenoxy) is 1. The Balaban J connectivity index is 2.75. The van der Waals surface area contributed by atoms with E-state index in [1.54, 1.807) is 6.92 Å². The van der Waals surface area contributed by atoms with Crippen LogP contribution < -0.4 is 0 Å². The second-order valence-electron chi connectivity index (χ2n) is 5.26. The molecule has 0 aliphatic heterocycles. The highest BCUT2D eigenvalue weighted by molar-refractivity contribution is 5.69. The van der Waals surface area contributed by atoms with Crippen molar-refractivity contribution in [2.45, 2.75) is 45.2 Å². The number of halogens is 3. The Morgan fingerprint density at radius 3 is 2.05 bits per heavy atom. The van der Waals surface area contributed by atoms with Crippen LogP contribution in [0.4, 0.5) is 13.2 Å². The first-order valence-electron chi connectivity index (χ1n) is 6.50. The number of benzene rings is 1. The van der Waals surface area contributed by atoms with Crippen molar-refractivity contribution in [2.24, 2.45) is 0 Å². The molecule has 0 heterocycles. The predicted octanol–water partition coefficient (Wildman–Crippen LogP) is 4.33. The van der Waals surface area contributed by atoms with Crippen molar-refractivity contribution in [3.05, 3.63) is 35.4 Å². The minimum atomic E-state index is -4.33. The molecule has 0 aliphatic rings. The van der Waals surface area contributed by atoms with E-state index in [9.17, 15) is 18.0 Å². The number of carbonyl (C=O) groups excluding carboxylic acids is 1. The van der Waals surface area contributed by atoms with Gasteiger partial charge in [-0.1, -0.05) is 26.0 Å². The van der Waals surface area contributed by atoms with Gasteiger partial charge in [-0.15, -0.1) is 0 Å². The van der Waals surface area contributed by atoms with E-state index < -0.39 is 11.7 Å². The second-order valence-corrected chi connectivity index (χ2v) is 5.26. The Bertz CT molecular complexity index is 447. The van der Waals surface area contributed by atoms with Crippen molar-refractivity contribution in [2.75, 3.05) is 6.61 Å². The molecule has 0 unspecified atom stereocenters. The molecule has 20 heavy (non-hydrogen) atoms. The van der Waals surface area contributed by atoms with Gasteiger partial charge < -0.3 is 4.74 Å². The molecule has 0 spiro atoms. The highest BCUT2D eigenvalue weighted by Crippen LogP contribution is 2.33. The molecular weight excluding hydrogens is 269 g/mol. The third-order valence-corrected chi connectivity index (χ3v) is 3.25. The van der Waals surface area contributed by atoms with Gasteiger partial charge in [0.25, 0.3) is 0 Å². The van der Waals surface area contributed by atoms with Crippen molar-refractivity contribution in [3.8, 4) is 0 Å². The van der Waals surface area contributed by atoms with E-state index >= 15 is 0 Å². The van der Waals surface area contributed by atoms with E-state index in [1.165, 1.54) is 12.1 Å². The van der Waals surface area contributed by atoms with Gasteiger partial charge in [-0.2, -0.15) is 13.2 Å². The number of esters is 1. The zero-order chi connectivity index (χ0) is 15.4. The molecule has 1 aromatic carbocycles. The van der Waals surface area contributed by atoms with Crippen LogP contribution in [-0.4, -0.2) is 12.6 Å². The van der Waals surface area contributed by atoms with E-state index in [2.05, 4.69) is 0 Å². The average Bonchev–Trinajstić information content (AvgIpc) is 2.36. The molecule has 2 nitrogen and oxygen atoms in total. The minimum Gasteiger partial charge on any atom is -0.466 e. The summed E-state index contributed by atoms with van der Waals surface area (Å²) in [6.45, 7) is 5.86. The maximum atomic E-state index is 12.5. The van der Waals surface area contributed by atoms with E-state index in [0.717, 1.165) is 17.7 Å². The third-order valence-electron chi connectivity index (χ3n) is 3.25. The molecule has 1 rings (SSSR count). The van der Waals surface area contributed by atoms with Crippen LogP contribution in [-0.2, 0) is 21.1 Å². The van der Waals surface area contributed by atoms with Crippen molar-refractivity contribution in [3.63, 3.8) is 0 Å². The van der Waals surface area contributed by atoms with Gasteiger partial charge in [-0.25, -0.2) is 0 Å². The van der Waals surface area contributed by atoms with E-state index in [4.69, 9.17) is 4.74 Å². The SMILES string of the molecule is CCOC(=O)CCC(C)(C)c1ccc(C(F)(F)F)cc1. The molecule has 0 aromatic heterocycles. The van der Waals surface area contributed by atoms with Gasteiger partial charge in [0.15, 0.2) is 0 Å². The van der Waals surface area contributed by atoms with E-state index in [1.807, 2.05) is 13.8 Å². The van der Waals surface area contributed by atoms with Gasteiger partial charge in [-0.3, -0.25) is 4.79 Å². The van der Waals surface area contributed by atoms with Gasteiger partial charge in [0.05, 0.1) is 12.2 Å². The summed E-state index contributed by atoms with van der Waals surface area (Å²) in [5, 5.41) is 0. The van der Waals surface area contributed by atoms with Crippen LogP contribution in [0.5, 0.6) is 0 Å². The molecule has 0 radical (unpaired) electrons. The Labute approximate surface area is 116 Å². The first kappa shape index (κ1) is 16.5. The van der Waals surface area contributed by atoms with Crippen molar-refractivity contribution >= 4 is 5.97 Å². The second kappa shape index (κ2) is 6.29. The summed E-state index contributed by atoms with van der Waals surface area (Å²) in [6.07, 6.45) is -3.55. The first-order chi connectivity index (χ1) is 9.16. The van der Waals surface area contributed by atoms with Gasteiger partial charge in [0, 0.05) is 6.42 Å². The van der Waals surface area contributed by atoms with E-state index in [0.29, 0.717) is 13.0 Å². The molecular formula is C15H19F3O2. The highest BCUT2D eigenvalue weighted by Gasteiger charge is 2.31. The van der Waals surface area contributed by atoms with Crippen molar-refractivity contribution in [1.29, 1.82) is 0 Å². The number of hydrogen-bond donors (Lipinski definition) is 0. The highest BCUT2D eigenvalue weighted by atomic mass is 19.4. The molecule has 0 bridgehead atoms. The lowest BCUT2D eigenvalue weighted by Gasteiger charge is -2.25. The molecule has 5 heteroatoms. The van der Waals surface area contributed by atoms with Crippen LogP contribution in [0.3, 0.4) is 0 Å². The fraction of sp³-hybridized carbons (Fsp3) is 0.533. The lowest BCUT2D eigenvalue weighted by Crippen LogP contribution is -2.20. The van der Waals surface area contributed by atoms with Crippen molar-refractivity contribution < 1.29 is 22.7 Å². The van der Waals surface area contributed by atoms with Gasteiger partial charge in [-0.05, 0) is 36.5 Å². The maximum absolute atomic E-state index is 12.5. The molecule has 1 aromatic rings. The van der Waals surface area contributed by atoms with Crippen LogP contribution >= 0.6 is 0 Å². The monoisotopic (exact) mass is 288 g/mol. The summed E-state index contributed by atoms with van der Waals surface area (Å²) in [4.78, 5) is 11.3. The Kier molecular flexibility index (Phi) is 5.20. The van der Waals surface area contributed by atoms with Gasteiger partial charge in [0.1, 0.15) is 0 Å². The van der Waals surface area contributed by atoms with Crippen LogP contribution in [0.1, 0.15) is 44.7 Å². The molecule has 0 saturated carbocycles. The summed E-state index contributed by atoms with van der Waals surface area (Å²) in [6, 6.07) is 5.07. The Hall–Kier alpha value is -1.52. The summed E-state index contributed by atoms with van der Waals surface area (Å²) >= 11 is 0. The molecule has 0 amide bonds. The smallest absolute Gasteiger partial charge is 0.416 e. The Morgan fingerprint density at radius 1 is 1.10 bits per heavy atom. The van der Waals surface area contributed by atoms with Crippen LogP contribution in [0, 0.1) is 0 Å². The van der Waals surface area contributed by atoms with Crippen molar-refractivity contribution in [1.82, 2.24) is 0 Å². The fourth-order valence-electron chi connectivity index (χ4n) is 1.90. The predicted molar refractivity (Wildman–Crippen MR) is 70.3 cm³/mol. The summed E-state index contributed by atoms with van der Waals surface area (Å²) in [7, 11) is 0. The lowest BCUT2D eigenvalue weighted by molar-refractivity contribution is -0.143. The zero-order valence-electron chi connectivity index (χ0n) is 11.9. The maximum Gasteiger partial charge on any atom is 0.416 e. The number of rotatable bonds is 5. The normalized spacial score (nSPS) is 12.3. The van der Waals surface area contributed by atoms with Crippen LogP contribution in [0.15, 0.2) is 24.3 Å². The van der Waals surface area contributed by atoms with Crippen LogP contribution in [0.2, 0.25) is 0 Å². The number of alkyl halides is 3. The Morgan fingerprint density at radius 2 is 1.60 bits per heavy atom. The summed E-state index contributed by atoms with van der Waals surface area (Å²) < 4.78 is 42.3. The molecule has 0 saturated heterocycles.